The summed E-state index contributed by atoms with van der Waals surface area (Å²) in [6.45, 7) is 1.74. The van der Waals surface area contributed by atoms with E-state index in [0.29, 0.717) is 5.56 Å². The first kappa shape index (κ1) is 11.9. The first-order valence-corrected chi connectivity index (χ1v) is 5.29. The third-order valence-corrected chi connectivity index (χ3v) is 2.52. The van der Waals surface area contributed by atoms with Gasteiger partial charge in [-0.1, -0.05) is 6.07 Å². The second kappa shape index (κ2) is 4.75. The van der Waals surface area contributed by atoms with Gasteiger partial charge in [-0.15, -0.1) is 0 Å². The van der Waals surface area contributed by atoms with Gasteiger partial charge in [-0.2, -0.15) is 0 Å². The van der Waals surface area contributed by atoms with E-state index in [9.17, 15) is 14.9 Å². The Morgan fingerprint density at radius 1 is 1.33 bits per heavy atom. The lowest BCUT2D eigenvalue weighted by Gasteiger charge is -2.03. The van der Waals surface area contributed by atoms with E-state index in [1.54, 1.807) is 31.3 Å². The third-order valence-electron chi connectivity index (χ3n) is 2.52. The molecule has 0 saturated heterocycles. The molecule has 0 saturated carbocycles. The fourth-order valence-corrected chi connectivity index (χ4v) is 1.64. The average Bonchev–Trinajstić information content (AvgIpc) is 2.39. The molecule has 0 amide bonds. The van der Waals surface area contributed by atoms with Crippen molar-refractivity contribution < 1.29 is 9.72 Å². The Balaban J connectivity index is 2.52. The highest BCUT2D eigenvalue weighted by molar-refractivity contribution is 6.11. The lowest BCUT2D eigenvalue weighted by molar-refractivity contribution is -0.385. The lowest BCUT2D eigenvalue weighted by atomic mass is 10.0. The van der Waals surface area contributed by atoms with Crippen LogP contribution in [0.2, 0.25) is 0 Å². The Hall–Kier alpha value is -2.56. The zero-order valence-electron chi connectivity index (χ0n) is 9.66. The SMILES string of the molecule is Cc1ccc(C(=O)c2cccnc2)c([N+](=O)[O-])c1. The lowest BCUT2D eigenvalue weighted by Crippen LogP contribution is -2.06. The zero-order chi connectivity index (χ0) is 13.1. The van der Waals surface area contributed by atoms with Crippen LogP contribution in [0.25, 0.3) is 0 Å². The normalized spacial score (nSPS) is 10.1. The van der Waals surface area contributed by atoms with Crippen molar-refractivity contribution in [3.05, 3.63) is 69.5 Å². The number of hydrogen-bond donors (Lipinski definition) is 0. The smallest absolute Gasteiger partial charge is 0.280 e. The molecule has 0 spiro atoms. The summed E-state index contributed by atoms with van der Waals surface area (Å²) in [5, 5.41) is 10.9. The van der Waals surface area contributed by atoms with Gasteiger partial charge in [-0.25, -0.2) is 0 Å². The van der Waals surface area contributed by atoms with Gasteiger partial charge in [0.05, 0.1) is 4.92 Å². The predicted octanol–water partition coefficient (Wildman–Crippen LogP) is 2.53. The van der Waals surface area contributed by atoms with Gasteiger partial charge >= 0.3 is 0 Å². The van der Waals surface area contributed by atoms with E-state index in [1.807, 2.05) is 0 Å². The third kappa shape index (κ3) is 2.24. The van der Waals surface area contributed by atoms with Crippen LogP contribution in [0.5, 0.6) is 0 Å². The number of nitro groups is 1. The Bertz CT molecular complexity index is 609. The van der Waals surface area contributed by atoms with Crippen LogP contribution in [-0.2, 0) is 0 Å². The fourth-order valence-electron chi connectivity index (χ4n) is 1.64. The number of nitrogens with zero attached hydrogens (tertiary/aromatic N) is 2. The maximum atomic E-state index is 12.1. The largest absolute Gasteiger partial charge is 0.288 e. The van der Waals surface area contributed by atoms with E-state index in [4.69, 9.17) is 0 Å². The van der Waals surface area contributed by atoms with Gasteiger partial charge in [0.2, 0.25) is 5.78 Å². The Kier molecular flexibility index (Phi) is 3.14. The van der Waals surface area contributed by atoms with E-state index in [0.717, 1.165) is 5.56 Å². The topological polar surface area (TPSA) is 73.1 Å². The zero-order valence-corrected chi connectivity index (χ0v) is 9.66. The van der Waals surface area contributed by atoms with E-state index in [2.05, 4.69) is 4.98 Å². The van der Waals surface area contributed by atoms with Crippen LogP contribution in [0, 0.1) is 17.0 Å². The molecule has 90 valence electrons. The highest BCUT2D eigenvalue weighted by atomic mass is 16.6. The van der Waals surface area contributed by atoms with Crippen molar-refractivity contribution in [1.82, 2.24) is 4.98 Å². The molecule has 0 atom stereocenters. The molecule has 5 nitrogen and oxygen atoms in total. The van der Waals surface area contributed by atoms with Gasteiger partial charge in [0.1, 0.15) is 5.56 Å². The summed E-state index contributed by atoms with van der Waals surface area (Å²) < 4.78 is 0. The molecule has 0 aliphatic heterocycles. The van der Waals surface area contributed by atoms with Gasteiger partial charge in [0, 0.05) is 24.0 Å². The van der Waals surface area contributed by atoms with Gasteiger partial charge < -0.3 is 0 Å². The molecule has 0 N–H and O–H groups in total. The summed E-state index contributed by atoms with van der Waals surface area (Å²) >= 11 is 0. The Morgan fingerprint density at radius 3 is 2.72 bits per heavy atom. The summed E-state index contributed by atoms with van der Waals surface area (Å²) in [7, 11) is 0. The summed E-state index contributed by atoms with van der Waals surface area (Å²) in [5.41, 5.74) is 0.983. The molecule has 0 fully saturated rings. The van der Waals surface area contributed by atoms with Crippen molar-refractivity contribution in [3.8, 4) is 0 Å². The van der Waals surface area contributed by atoms with E-state index < -0.39 is 10.7 Å². The molecule has 1 aromatic carbocycles. The van der Waals surface area contributed by atoms with Gasteiger partial charge in [-0.05, 0) is 30.7 Å². The molecule has 5 heteroatoms. The Morgan fingerprint density at radius 2 is 2.11 bits per heavy atom. The minimum atomic E-state index is -0.545. The molecular weight excluding hydrogens is 232 g/mol. The summed E-state index contributed by atoms with van der Waals surface area (Å²) in [5.74, 6) is -0.394. The number of hydrogen-bond acceptors (Lipinski definition) is 4. The van der Waals surface area contributed by atoms with Crippen molar-refractivity contribution in [1.29, 1.82) is 0 Å². The van der Waals surface area contributed by atoms with Crippen LogP contribution in [-0.4, -0.2) is 15.7 Å². The van der Waals surface area contributed by atoms with Crippen LogP contribution < -0.4 is 0 Å². The summed E-state index contributed by atoms with van der Waals surface area (Å²) in [4.78, 5) is 26.4. The number of benzene rings is 1. The first-order valence-electron chi connectivity index (χ1n) is 5.29. The standard InChI is InChI=1S/C13H10N2O3/c1-9-4-5-11(12(7-9)15(17)18)13(16)10-3-2-6-14-8-10/h2-8H,1H3. The molecule has 0 unspecified atom stereocenters. The molecule has 0 aliphatic carbocycles. The van der Waals surface area contributed by atoms with E-state index >= 15 is 0 Å². The molecule has 2 rings (SSSR count). The van der Waals surface area contributed by atoms with Crippen molar-refractivity contribution in [2.45, 2.75) is 6.92 Å². The molecular formula is C13H10N2O3. The first-order chi connectivity index (χ1) is 8.59. The predicted molar refractivity (Wildman–Crippen MR) is 65.5 cm³/mol. The highest BCUT2D eigenvalue weighted by Crippen LogP contribution is 2.22. The number of pyridine rings is 1. The Labute approximate surface area is 103 Å². The van der Waals surface area contributed by atoms with Gasteiger partial charge in [0.25, 0.3) is 5.69 Å². The van der Waals surface area contributed by atoms with Crippen molar-refractivity contribution in [3.63, 3.8) is 0 Å². The average molecular weight is 242 g/mol. The van der Waals surface area contributed by atoms with Crippen LogP contribution in [0.15, 0.2) is 42.7 Å². The summed E-state index contributed by atoms with van der Waals surface area (Å²) in [6.07, 6.45) is 2.94. The molecule has 0 radical (unpaired) electrons. The number of carbonyl (C=O) groups excluding carboxylic acids is 1. The minimum Gasteiger partial charge on any atom is -0.288 e. The molecule has 2 aromatic rings. The molecule has 0 bridgehead atoms. The molecule has 18 heavy (non-hydrogen) atoms. The van der Waals surface area contributed by atoms with Crippen LogP contribution in [0.4, 0.5) is 5.69 Å². The van der Waals surface area contributed by atoms with Crippen LogP contribution in [0.1, 0.15) is 21.5 Å². The second-order valence-electron chi connectivity index (χ2n) is 3.85. The van der Waals surface area contributed by atoms with Crippen molar-refractivity contribution in [2.75, 3.05) is 0 Å². The number of carbonyl (C=O) groups is 1. The monoisotopic (exact) mass is 242 g/mol. The van der Waals surface area contributed by atoms with E-state index in [-0.39, 0.29) is 11.3 Å². The second-order valence-corrected chi connectivity index (χ2v) is 3.85. The van der Waals surface area contributed by atoms with E-state index in [1.165, 1.54) is 18.3 Å². The number of nitro benzene ring substituents is 1. The van der Waals surface area contributed by atoms with Gasteiger partial charge in [-0.3, -0.25) is 19.9 Å². The highest BCUT2D eigenvalue weighted by Gasteiger charge is 2.21. The van der Waals surface area contributed by atoms with Crippen molar-refractivity contribution >= 4 is 11.5 Å². The maximum Gasteiger partial charge on any atom is 0.280 e. The molecule has 1 aromatic heterocycles. The van der Waals surface area contributed by atoms with Crippen LogP contribution in [0.3, 0.4) is 0 Å². The quantitative estimate of drug-likeness (QED) is 0.471. The van der Waals surface area contributed by atoms with Crippen molar-refractivity contribution in [2.24, 2.45) is 0 Å². The van der Waals surface area contributed by atoms with Crippen LogP contribution >= 0.6 is 0 Å². The number of aryl methyl sites for hydroxylation is 1. The maximum absolute atomic E-state index is 12.1. The molecule has 1 heterocycles. The number of rotatable bonds is 3. The molecule has 0 aliphatic rings. The van der Waals surface area contributed by atoms with Gasteiger partial charge in [0.15, 0.2) is 0 Å². The number of ketones is 1. The summed E-state index contributed by atoms with van der Waals surface area (Å²) in [6, 6.07) is 7.75. The minimum absolute atomic E-state index is 0.0820. The fraction of sp³-hybridized carbons (Fsp3) is 0.0769. The number of aromatic nitrogens is 1.